The molecule has 0 radical (unpaired) electrons. The first kappa shape index (κ1) is 9.71. The van der Waals surface area contributed by atoms with Gasteiger partial charge in [-0.3, -0.25) is 0 Å². The molecule has 14 heavy (non-hydrogen) atoms. The van der Waals surface area contributed by atoms with Gasteiger partial charge in [-0.05, 0) is 19.4 Å². The molecule has 1 aromatic rings. The standard InChI is InChI=1S/C11H18N2O/c12-7-6-10-8-11(13-14-10)9-4-2-1-3-5-9/h8-9H,1-7,12H2. The van der Waals surface area contributed by atoms with Gasteiger partial charge in [0.25, 0.3) is 0 Å². The van der Waals surface area contributed by atoms with Gasteiger partial charge < -0.3 is 10.3 Å². The highest BCUT2D eigenvalue weighted by Crippen LogP contribution is 2.32. The Morgan fingerprint density at radius 3 is 2.86 bits per heavy atom. The third-order valence-electron chi connectivity index (χ3n) is 2.99. The van der Waals surface area contributed by atoms with Crippen LogP contribution in [-0.2, 0) is 6.42 Å². The molecule has 0 atom stereocenters. The normalized spacial score (nSPS) is 18.6. The van der Waals surface area contributed by atoms with Gasteiger partial charge in [-0.25, -0.2) is 0 Å². The lowest BCUT2D eigenvalue weighted by Crippen LogP contribution is -2.04. The number of nitrogens with zero attached hydrogens (tertiary/aromatic N) is 1. The Hall–Kier alpha value is -0.830. The van der Waals surface area contributed by atoms with Gasteiger partial charge in [-0.2, -0.15) is 0 Å². The van der Waals surface area contributed by atoms with Crippen LogP contribution in [-0.4, -0.2) is 11.7 Å². The van der Waals surface area contributed by atoms with Crippen molar-refractivity contribution in [3.8, 4) is 0 Å². The zero-order valence-corrected chi connectivity index (χ0v) is 8.54. The van der Waals surface area contributed by atoms with E-state index in [0.29, 0.717) is 12.5 Å². The number of nitrogens with two attached hydrogens (primary N) is 1. The van der Waals surface area contributed by atoms with Crippen LogP contribution in [0.15, 0.2) is 10.6 Å². The number of hydrogen-bond acceptors (Lipinski definition) is 3. The Morgan fingerprint density at radius 1 is 1.36 bits per heavy atom. The number of hydrogen-bond donors (Lipinski definition) is 1. The van der Waals surface area contributed by atoms with Crippen LogP contribution in [0.4, 0.5) is 0 Å². The summed E-state index contributed by atoms with van der Waals surface area (Å²) in [6.45, 7) is 0.638. The first-order valence-corrected chi connectivity index (χ1v) is 5.55. The van der Waals surface area contributed by atoms with E-state index in [-0.39, 0.29) is 0 Å². The molecule has 0 saturated heterocycles. The van der Waals surface area contributed by atoms with E-state index in [9.17, 15) is 0 Å². The van der Waals surface area contributed by atoms with Crippen molar-refractivity contribution in [2.24, 2.45) is 5.73 Å². The maximum absolute atomic E-state index is 5.46. The fraction of sp³-hybridized carbons (Fsp3) is 0.727. The summed E-state index contributed by atoms with van der Waals surface area (Å²) in [6, 6.07) is 2.09. The van der Waals surface area contributed by atoms with E-state index in [0.717, 1.165) is 17.9 Å². The molecule has 1 aliphatic carbocycles. The van der Waals surface area contributed by atoms with Crippen molar-refractivity contribution in [3.05, 3.63) is 17.5 Å². The lowest BCUT2D eigenvalue weighted by Gasteiger charge is -2.18. The van der Waals surface area contributed by atoms with Crippen molar-refractivity contribution in [1.82, 2.24) is 5.16 Å². The maximum atomic E-state index is 5.46. The van der Waals surface area contributed by atoms with Crippen LogP contribution in [0.3, 0.4) is 0 Å². The van der Waals surface area contributed by atoms with Crippen LogP contribution in [0.1, 0.15) is 49.5 Å². The van der Waals surface area contributed by atoms with E-state index in [4.69, 9.17) is 10.3 Å². The van der Waals surface area contributed by atoms with Gasteiger partial charge in [0, 0.05) is 18.4 Å². The lowest BCUT2D eigenvalue weighted by atomic mass is 9.87. The Morgan fingerprint density at radius 2 is 2.14 bits per heavy atom. The highest BCUT2D eigenvalue weighted by atomic mass is 16.5. The maximum Gasteiger partial charge on any atom is 0.138 e. The summed E-state index contributed by atoms with van der Waals surface area (Å²) in [4.78, 5) is 0. The summed E-state index contributed by atoms with van der Waals surface area (Å²) < 4.78 is 5.23. The smallest absolute Gasteiger partial charge is 0.138 e. The molecular formula is C11H18N2O. The van der Waals surface area contributed by atoms with Crippen LogP contribution in [0.2, 0.25) is 0 Å². The molecule has 1 heterocycles. The summed E-state index contributed by atoms with van der Waals surface area (Å²) in [5.74, 6) is 1.58. The van der Waals surface area contributed by atoms with Crippen molar-refractivity contribution >= 4 is 0 Å². The SMILES string of the molecule is NCCc1cc(C2CCCCC2)no1. The second-order valence-corrected chi connectivity index (χ2v) is 4.09. The van der Waals surface area contributed by atoms with Gasteiger partial charge in [-0.1, -0.05) is 24.4 Å². The second-order valence-electron chi connectivity index (χ2n) is 4.09. The van der Waals surface area contributed by atoms with Crippen molar-refractivity contribution in [3.63, 3.8) is 0 Å². The molecule has 78 valence electrons. The summed E-state index contributed by atoms with van der Waals surface area (Å²) in [5, 5.41) is 4.13. The molecule has 0 spiro atoms. The fourth-order valence-electron chi connectivity index (χ4n) is 2.18. The molecule has 0 bridgehead atoms. The highest BCUT2D eigenvalue weighted by molar-refractivity contribution is 5.11. The largest absolute Gasteiger partial charge is 0.361 e. The quantitative estimate of drug-likeness (QED) is 0.802. The zero-order chi connectivity index (χ0) is 9.80. The molecule has 3 heteroatoms. The van der Waals surface area contributed by atoms with Crippen LogP contribution in [0, 0.1) is 0 Å². The van der Waals surface area contributed by atoms with Crippen molar-refractivity contribution in [1.29, 1.82) is 0 Å². The predicted molar refractivity (Wildman–Crippen MR) is 55.1 cm³/mol. The van der Waals surface area contributed by atoms with Crippen molar-refractivity contribution in [2.75, 3.05) is 6.54 Å². The van der Waals surface area contributed by atoms with Gasteiger partial charge in [0.2, 0.25) is 0 Å². The van der Waals surface area contributed by atoms with E-state index < -0.39 is 0 Å². The summed E-state index contributed by atoms with van der Waals surface area (Å²) in [5.41, 5.74) is 6.61. The minimum absolute atomic E-state index is 0.638. The van der Waals surface area contributed by atoms with Crippen LogP contribution in [0.5, 0.6) is 0 Å². The average molecular weight is 194 g/mol. The van der Waals surface area contributed by atoms with Crippen LogP contribution in [0.25, 0.3) is 0 Å². The first-order chi connectivity index (χ1) is 6.90. The Bertz CT molecular complexity index is 277. The minimum Gasteiger partial charge on any atom is -0.361 e. The monoisotopic (exact) mass is 194 g/mol. The average Bonchev–Trinajstić information content (AvgIpc) is 2.68. The van der Waals surface area contributed by atoms with E-state index in [2.05, 4.69) is 11.2 Å². The third-order valence-corrected chi connectivity index (χ3v) is 2.99. The zero-order valence-electron chi connectivity index (χ0n) is 8.54. The van der Waals surface area contributed by atoms with Crippen LogP contribution < -0.4 is 5.73 Å². The van der Waals surface area contributed by atoms with Gasteiger partial charge in [0.1, 0.15) is 5.76 Å². The molecule has 0 aromatic carbocycles. The second kappa shape index (κ2) is 4.60. The van der Waals surface area contributed by atoms with Gasteiger partial charge in [-0.15, -0.1) is 0 Å². The summed E-state index contributed by atoms with van der Waals surface area (Å²) in [6.07, 6.45) is 7.40. The fourth-order valence-corrected chi connectivity index (χ4v) is 2.18. The topological polar surface area (TPSA) is 52.0 Å². The lowest BCUT2D eigenvalue weighted by molar-refractivity contribution is 0.359. The molecule has 0 unspecified atom stereocenters. The van der Waals surface area contributed by atoms with E-state index in [1.807, 2.05) is 0 Å². The molecule has 0 aliphatic heterocycles. The molecule has 1 saturated carbocycles. The van der Waals surface area contributed by atoms with E-state index >= 15 is 0 Å². The van der Waals surface area contributed by atoms with Gasteiger partial charge >= 0.3 is 0 Å². The first-order valence-electron chi connectivity index (χ1n) is 5.55. The molecule has 1 fully saturated rings. The summed E-state index contributed by atoms with van der Waals surface area (Å²) in [7, 11) is 0. The van der Waals surface area contributed by atoms with Crippen molar-refractivity contribution < 1.29 is 4.52 Å². The van der Waals surface area contributed by atoms with E-state index in [1.165, 1.54) is 32.1 Å². The molecule has 1 aliphatic rings. The molecule has 3 nitrogen and oxygen atoms in total. The minimum atomic E-state index is 0.638. The molecule has 1 aromatic heterocycles. The Kier molecular flexibility index (Phi) is 3.19. The number of rotatable bonds is 3. The van der Waals surface area contributed by atoms with Crippen molar-refractivity contribution in [2.45, 2.75) is 44.4 Å². The molecule has 2 N–H and O–H groups in total. The van der Waals surface area contributed by atoms with Gasteiger partial charge in [0.05, 0.1) is 5.69 Å². The van der Waals surface area contributed by atoms with E-state index in [1.54, 1.807) is 0 Å². The van der Waals surface area contributed by atoms with Crippen LogP contribution >= 0.6 is 0 Å². The van der Waals surface area contributed by atoms with Gasteiger partial charge in [0.15, 0.2) is 0 Å². The molecular weight excluding hydrogens is 176 g/mol. The number of aromatic nitrogens is 1. The Balaban J connectivity index is 2.00. The molecule has 0 amide bonds. The Labute approximate surface area is 84.7 Å². The highest BCUT2D eigenvalue weighted by Gasteiger charge is 2.18. The molecule has 2 rings (SSSR count). The summed E-state index contributed by atoms with van der Waals surface area (Å²) >= 11 is 0. The third kappa shape index (κ3) is 2.15. The predicted octanol–water partition coefficient (Wildman–Crippen LogP) is 2.22.